The summed E-state index contributed by atoms with van der Waals surface area (Å²) in [6, 6.07) is 3.67. The molecule has 1 amide bonds. The molecule has 1 aromatic rings. The fraction of sp³-hybridized carbons (Fsp3) is 0.500. The summed E-state index contributed by atoms with van der Waals surface area (Å²) < 4.78 is 11.6. The first-order chi connectivity index (χ1) is 9.57. The second-order valence-electron chi connectivity index (χ2n) is 4.17. The maximum Gasteiger partial charge on any atom is 0.260 e. The minimum atomic E-state index is -0.0492. The van der Waals surface area contributed by atoms with Gasteiger partial charge in [-0.25, -0.2) is 0 Å². The number of hydrogen-bond donors (Lipinski definition) is 1. The number of rotatable bonds is 7. The summed E-state index contributed by atoms with van der Waals surface area (Å²) in [5.41, 5.74) is 6.54. The highest BCUT2D eigenvalue weighted by Crippen LogP contribution is 2.36. The van der Waals surface area contributed by atoms with E-state index in [9.17, 15) is 4.79 Å². The molecule has 0 unspecified atom stereocenters. The molecule has 2 N–H and O–H groups in total. The molecule has 0 aliphatic rings. The van der Waals surface area contributed by atoms with Gasteiger partial charge in [-0.05, 0) is 47.5 Å². The summed E-state index contributed by atoms with van der Waals surface area (Å²) in [5.74, 6) is 1.03. The normalized spacial score (nSPS) is 10.2. The van der Waals surface area contributed by atoms with Crippen LogP contribution in [0.1, 0.15) is 19.4 Å². The van der Waals surface area contributed by atoms with Crippen molar-refractivity contribution in [1.82, 2.24) is 4.90 Å². The van der Waals surface area contributed by atoms with Crippen molar-refractivity contribution in [2.24, 2.45) is 5.73 Å². The van der Waals surface area contributed by atoms with E-state index in [4.69, 9.17) is 15.2 Å². The van der Waals surface area contributed by atoms with Crippen molar-refractivity contribution in [3.63, 3.8) is 0 Å². The van der Waals surface area contributed by atoms with Gasteiger partial charge in [0.1, 0.15) is 0 Å². The Labute approximate surface area is 128 Å². The molecule has 0 bridgehead atoms. The average molecular weight is 345 g/mol. The first-order valence-corrected chi connectivity index (χ1v) is 7.33. The maximum absolute atomic E-state index is 11.9. The van der Waals surface area contributed by atoms with E-state index in [-0.39, 0.29) is 12.5 Å². The van der Waals surface area contributed by atoms with Gasteiger partial charge in [-0.3, -0.25) is 4.79 Å². The molecule has 0 fully saturated rings. The first-order valence-electron chi connectivity index (χ1n) is 6.54. The topological polar surface area (TPSA) is 64.8 Å². The van der Waals surface area contributed by atoms with Crippen molar-refractivity contribution in [3.05, 3.63) is 22.2 Å². The van der Waals surface area contributed by atoms with Crippen LogP contribution in [0.15, 0.2) is 16.6 Å². The van der Waals surface area contributed by atoms with Crippen LogP contribution in [0.3, 0.4) is 0 Å². The van der Waals surface area contributed by atoms with Crippen LogP contribution in [0.4, 0.5) is 0 Å². The molecule has 0 atom stereocenters. The number of carbonyl (C=O) groups is 1. The van der Waals surface area contributed by atoms with Gasteiger partial charge < -0.3 is 20.1 Å². The van der Waals surface area contributed by atoms with Crippen LogP contribution in [0.5, 0.6) is 11.5 Å². The van der Waals surface area contributed by atoms with Gasteiger partial charge in [0.2, 0.25) is 0 Å². The highest BCUT2D eigenvalue weighted by molar-refractivity contribution is 9.10. The van der Waals surface area contributed by atoms with Gasteiger partial charge >= 0.3 is 0 Å². The molecule has 0 saturated heterocycles. The van der Waals surface area contributed by atoms with Gasteiger partial charge in [0.25, 0.3) is 5.91 Å². The lowest BCUT2D eigenvalue weighted by Gasteiger charge is -2.20. The van der Waals surface area contributed by atoms with E-state index in [2.05, 4.69) is 15.9 Å². The molecule has 0 spiro atoms. The molecule has 0 aliphatic heterocycles. The number of amides is 1. The van der Waals surface area contributed by atoms with Crippen LogP contribution < -0.4 is 15.2 Å². The number of nitrogens with zero attached hydrogens (tertiary/aromatic N) is 1. The van der Waals surface area contributed by atoms with Crippen LogP contribution >= 0.6 is 15.9 Å². The minimum absolute atomic E-state index is 0.0153. The fourth-order valence-electron chi connectivity index (χ4n) is 1.83. The van der Waals surface area contributed by atoms with E-state index in [0.29, 0.717) is 31.1 Å². The Morgan fingerprint density at radius 1 is 1.35 bits per heavy atom. The van der Waals surface area contributed by atoms with Gasteiger partial charge in [-0.15, -0.1) is 0 Å². The zero-order valence-electron chi connectivity index (χ0n) is 12.1. The summed E-state index contributed by atoms with van der Waals surface area (Å²) in [7, 11) is 1.56. The van der Waals surface area contributed by atoms with Crippen molar-refractivity contribution >= 4 is 21.8 Å². The lowest BCUT2D eigenvalue weighted by Crippen LogP contribution is -2.34. The van der Waals surface area contributed by atoms with Crippen LogP contribution in [0.25, 0.3) is 0 Å². The van der Waals surface area contributed by atoms with E-state index >= 15 is 0 Å². The molecule has 0 saturated carbocycles. The number of likely N-dealkylation sites (N-methyl/N-ethyl adjacent to an activating group) is 1. The quantitative estimate of drug-likeness (QED) is 0.823. The molecule has 0 heterocycles. The number of hydrogen-bond acceptors (Lipinski definition) is 4. The van der Waals surface area contributed by atoms with Gasteiger partial charge in [0, 0.05) is 19.6 Å². The SMILES string of the molecule is CCN(CC)C(=O)COc1c(Br)cc(CN)cc1OC. The monoisotopic (exact) mass is 344 g/mol. The number of carbonyl (C=O) groups excluding carboxylic acids is 1. The summed E-state index contributed by atoms with van der Waals surface area (Å²) in [6.07, 6.45) is 0. The summed E-state index contributed by atoms with van der Waals surface area (Å²) in [5, 5.41) is 0. The minimum Gasteiger partial charge on any atom is -0.493 e. The molecular weight excluding hydrogens is 324 g/mol. The first kappa shape index (κ1) is 16.8. The van der Waals surface area contributed by atoms with Crippen LogP contribution in [-0.2, 0) is 11.3 Å². The molecule has 6 heteroatoms. The predicted molar refractivity (Wildman–Crippen MR) is 82.0 cm³/mol. The molecule has 0 radical (unpaired) electrons. The summed E-state index contributed by atoms with van der Waals surface area (Å²) in [4.78, 5) is 13.7. The third-order valence-electron chi connectivity index (χ3n) is 2.98. The van der Waals surface area contributed by atoms with Crippen molar-refractivity contribution in [2.75, 3.05) is 26.8 Å². The van der Waals surface area contributed by atoms with Crippen molar-refractivity contribution in [2.45, 2.75) is 20.4 Å². The number of halogens is 1. The zero-order valence-corrected chi connectivity index (χ0v) is 13.7. The number of nitrogens with two attached hydrogens (primary N) is 1. The van der Waals surface area contributed by atoms with E-state index in [1.54, 1.807) is 12.0 Å². The standard InChI is InChI=1S/C14H21BrN2O3/c1-4-17(5-2)13(18)9-20-14-11(15)6-10(8-16)7-12(14)19-3/h6-7H,4-5,8-9,16H2,1-3H3. The zero-order chi connectivity index (χ0) is 15.1. The Hall–Kier alpha value is -1.27. The molecule has 0 aliphatic carbocycles. The Balaban J connectivity index is 2.84. The van der Waals surface area contributed by atoms with E-state index in [1.807, 2.05) is 26.0 Å². The third-order valence-corrected chi connectivity index (χ3v) is 3.57. The lowest BCUT2D eigenvalue weighted by molar-refractivity contribution is -0.133. The van der Waals surface area contributed by atoms with Crippen LogP contribution in [0.2, 0.25) is 0 Å². The van der Waals surface area contributed by atoms with Gasteiger partial charge in [0.15, 0.2) is 18.1 Å². The second-order valence-corrected chi connectivity index (χ2v) is 5.02. The average Bonchev–Trinajstić information content (AvgIpc) is 2.46. The molecule has 1 aromatic carbocycles. The summed E-state index contributed by atoms with van der Waals surface area (Å²) >= 11 is 3.42. The highest BCUT2D eigenvalue weighted by Gasteiger charge is 2.15. The van der Waals surface area contributed by atoms with Crippen molar-refractivity contribution in [3.8, 4) is 11.5 Å². The van der Waals surface area contributed by atoms with E-state index in [0.717, 1.165) is 10.0 Å². The Morgan fingerprint density at radius 2 is 2.00 bits per heavy atom. The van der Waals surface area contributed by atoms with Gasteiger partial charge in [-0.2, -0.15) is 0 Å². The van der Waals surface area contributed by atoms with Crippen molar-refractivity contribution in [1.29, 1.82) is 0 Å². The molecule has 20 heavy (non-hydrogen) atoms. The smallest absolute Gasteiger partial charge is 0.260 e. The maximum atomic E-state index is 11.9. The summed E-state index contributed by atoms with van der Waals surface area (Å²) in [6.45, 7) is 5.61. The van der Waals surface area contributed by atoms with Crippen LogP contribution in [0, 0.1) is 0 Å². The molecule has 112 valence electrons. The Morgan fingerprint density at radius 3 is 2.50 bits per heavy atom. The molecule has 0 aromatic heterocycles. The van der Waals surface area contributed by atoms with Gasteiger partial charge in [-0.1, -0.05) is 0 Å². The van der Waals surface area contributed by atoms with E-state index < -0.39 is 0 Å². The lowest BCUT2D eigenvalue weighted by atomic mass is 10.2. The third kappa shape index (κ3) is 4.11. The molecule has 1 rings (SSSR count). The van der Waals surface area contributed by atoms with E-state index in [1.165, 1.54) is 0 Å². The predicted octanol–water partition coefficient (Wildman–Crippen LogP) is 2.16. The van der Waals surface area contributed by atoms with Gasteiger partial charge in [0.05, 0.1) is 11.6 Å². The highest BCUT2D eigenvalue weighted by atomic mass is 79.9. The Bertz CT molecular complexity index is 462. The van der Waals surface area contributed by atoms with Crippen LogP contribution in [-0.4, -0.2) is 37.6 Å². The largest absolute Gasteiger partial charge is 0.493 e. The molecular formula is C14H21BrN2O3. The van der Waals surface area contributed by atoms with Crippen molar-refractivity contribution < 1.29 is 14.3 Å². The molecule has 5 nitrogen and oxygen atoms in total. The fourth-order valence-corrected chi connectivity index (χ4v) is 2.44. The number of methoxy groups -OCH3 is 1. The number of benzene rings is 1. The number of ether oxygens (including phenoxy) is 2. The second kappa shape index (κ2) is 8.11. The Kier molecular flexibility index (Phi) is 6.81.